The molecular weight excluding hydrogens is 449 g/mol. The Morgan fingerprint density at radius 1 is 1.17 bits per heavy atom. The van der Waals surface area contributed by atoms with Crippen molar-refractivity contribution in [3.05, 3.63) is 69.8 Å². The average molecular weight is 510 g/mol. The highest BCUT2D eigenvalue weighted by Crippen LogP contribution is 2.42. The Morgan fingerprint density at radius 3 is 2.69 bits per heavy atom. The molecule has 4 rings (SSSR count). The first-order valence-corrected chi connectivity index (χ1v) is 10.3. The van der Waals surface area contributed by atoms with Crippen molar-refractivity contribution in [2.75, 3.05) is 13.0 Å². The number of rotatable bonds is 8. The first-order valence-electron chi connectivity index (χ1n) is 21.9. The van der Waals surface area contributed by atoms with Crippen LogP contribution >= 0.6 is 0 Å². The highest BCUT2D eigenvalue weighted by Gasteiger charge is 2.36. The van der Waals surface area contributed by atoms with Gasteiger partial charge in [-0.05, 0) is 97.1 Å². The summed E-state index contributed by atoms with van der Waals surface area (Å²) in [5.41, 5.74) is -6.50. The Kier molecular flexibility index (Phi) is 3.03. The Labute approximate surface area is 239 Å². The van der Waals surface area contributed by atoms with E-state index in [0.717, 1.165) is 24.3 Å². The predicted octanol–water partition coefficient (Wildman–Crippen LogP) is 7.71. The van der Waals surface area contributed by atoms with Crippen LogP contribution in [0.1, 0.15) is 123 Å². The van der Waals surface area contributed by atoms with E-state index in [4.69, 9.17) is 36.4 Å². The summed E-state index contributed by atoms with van der Waals surface area (Å²) in [5, 5.41) is 3.52. The lowest BCUT2D eigenvalue weighted by Gasteiger charge is -2.31. The summed E-state index contributed by atoms with van der Waals surface area (Å²) in [7, 11) is 0. The Bertz CT molecular complexity index is 1910. The third-order valence-electron chi connectivity index (χ3n) is 5.08. The topological polar surface area (TPSA) is 24.8 Å². The largest absolute Gasteiger partial charge is 0.416 e. The van der Waals surface area contributed by atoms with Crippen LogP contribution in [-0.4, -0.2) is 23.6 Å². The molecule has 2 aromatic carbocycles. The Balaban J connectivity index is 1.81. The van der Waals surface area contributed by atoms with E-state index < -0.39 is 130 Å². The van der Waals surface area contributed by atoms with Gasteiger partial charge in [0.15, 0.2) is 0 Å². The Morgan fingerprint density at radius 2 is 1.97 bits per heavy atom. The minimum absolute atomic E-state index is 0.244. The van der Waals surface area contributed by atoms with E-state index in [1.165, 1.54) is 0 Å². The summed E-state index contributed by atoms with van der Waals surface area (Å²) in [6.45, 7) is -13.1. The maximum atomic E-state index is 14.7. The molecule has 1 aliphatic heterocycles. The van der Waals surface area contributed by atoms with Crippen molar-refractivity contribution in [1.82, 2.24) is 4.90 Å². The van der Waals surface area contributed by atoms with Crippen molar-refractivity contribution >= 4 is 5.71 Å². The number of hydrogen-bond acceptors (Lipinski definition) is 3. The van der Waals surface area contributed by atoms with Gasteiger partial charge in [0.2, 0.25) is 0 Å². The number of likely N-dealkylation sites (tertiary alicyclic amines) is 1. The van der Waals surface area contributed by atoms with Crippen LogP contribution in [0, 0.1) is 5.89 Å². The van der Waals surface area contributed by atoms with Crippen LogP contribution in [0.15, 0.2) is 41.6 Å². The van der Waals surface area contributed by atoms with Gasteiger partial charge in [-0.3, -0.25) is 4.90 Å². The molecule has 1 heterocycles. The number of hydrogen-bond donors (Lipinski definition) is 0. The van der Waals surface area contributed by atoms with Crippen LogP contribution in [0.3, 0.4) is 0 Å². The fraction of sp³-hybridized carbons (Fsp3) is 0.552. The molecule has 1 saturated carbocycles. The zero-order valence-corrected chi connectivity index (χ0v) is 18.4. The first-order chi connectivity index (χ1) is 25.5. The summed E-state index contributed by atoms with van der Waals surface area (Å²) in [4.78, 5) is 5.63. The number of nitrogens with zero attached hydrogens (tertiary/aromatic N) is 2. The summed E-state index contributed by atoms with van der Waals surface area (Å²) < 4.78 is 232. The quantitative estimate of drug-likeness (QED) is 0.269. The van der Waals surface area contributed by atoms with E-state index in [-0.39, 0.29) is 11.6 Å². The summed E-state index contributed by atoms with van der Waals surface area (Å²) in [6, 6.07) is 4.12. The molecule has 2 aromatic rings. The van der Waals surface area contributed by atoms with Crippen LogP contribution in [0.5, 0.6) is 0 Å². The van der Waals surface area contributed by atoms with Crippen LogP contribution in [0.4, 0.5) is 13.2 Å². The van der Waals surface area contributed by atoms with Gasteiger partial charge in [-0.1, -0.05) is 55.9 Å². The van der Waals surface area contributed by atoms with E-state index in [1.807, 2.05) is 0 Å². The predicted molar refractivity (Wildman–Crippen MR) is 135 cm³/mol. The second kappa shape index (κ2) is 11.2. The third kappa shape index (κ3) is 6.46. The van der Waals surface area contributed by atoms with Crippen molar-refractivity contribution in [1.29, 1.82) is 0 Å². The molecule has 0 N–H and O–H groups in total. The van der Waals surface area contributed by atoms with Gasteiger partial charge in [-0.25, -0.2) is 0 Å². The van der Waals surface area contributed by atoms with Gasteiger partial charge in [-0.15, -0.1) is 0 Å². The molecule has 0 aromatic heterocycles. The fourth-order valence-corrected chi connectivity index (χ4v) is 3.26. The standard InChI is InChI=1S/C29H37F3N2O/c1-4-23-17-25(11-12-26(23)18-34-14-5-15-34)21(3)33-35-19-22-8-13-27(28(16-22)29(30,31)32)24-9-6-20(2)7-10-24/h8,11-13,16-17,20,24H,4-7,9-10,14-15,18-19H2,1-3H3/b33-21+/i1D3,3D3,4D2,5D,6D2,7D2,9D2,10D2,14D2,15D2,20D,24D. The molecule has 0 spiro atoms. The van der Waals surface area contributed by atoms with Crippen LogP contribution in [0.2, 0.25) is 0 Å². The molecule has 2 aliphatic rings. The number of benzene rings is 2. The Hall–Kier alpha value is -2.34. The van der Waals surface area contributed by atoms with Crippen molar-refractivity contribution in [3.8, 4) is 0 Å². The van der Waals surface area contributed by atoms with Crippen molar-refractivity contribution in [2.45, 2.75) is 84.1 Å². The average Bonchev–Trinajstić information content (AvgIpc) is 3.05. The summed E-state index contributed by atoms with van der Waals surface area (Å²) in [5.74, 6) is -7.25. The van der Waals surface area contributed by atoms with Crippen molar-refractivity contribution in [2.24, 2.45) is 11.0 Å². The van der Waals surface area contributed by atoms with E-state index >= 15 is 0 Å². The lowest BCUT2D eigenvalue weighted by molar-refractivity contribution is -0.138. The first kappa shape index (κ1) is 9.51. The monoisotopic (exact) mass is 509 g/mol. The molecule has 0 bridgehead atoms. The SMILES string of the molecule is [2H]C1C([2H])([2H])N(Cc2ccc(/C(=N/OCc3ccc(C4([2H])C([2H])([2H])C([2H])([2H])C([2H])(C)C([2H])([2H])C4([2H])[2H])c(C(F)(F)F)c3)C([2H])([2H])[2H])cc2C([2H])([2H])C([2H])([2H])[2H])C1([2H])[2H]. The molecule has 3 nitrogen and oxygen atoms in total. The summed E-state index contributed by atoms with van der Waals surface area (Å²) in [6.07, 6.45) is -26.2. The molecule has 0 unspecified atom stereocenters. The molecule has 2 fully saturated rings. The molecule has 35 heavy (non-hydrogen) atoms. The number of halogens is 3. The molecular formula is C29H37F3N2O. The maximum Gasteiger partial charge on any atom is 0.416 e. The van der Waals surface area contributed by atoms with Crippen molar-refractivity contribution < 1.29 is 49.5 Å². The summed E-state index contributed by atoms with van der Waals surface area (Å²) >= 11 is 0. The molecule has 1 aliphatic carbocycles. The van der Waals surface area contributed by atoms with Crippen LogP contribution in [0.25, 0.3) is 0 Å². The van der Waals surface area contributed by atoms with E-state index in [0.29, 0.717) is 17.9 Å². The van der Waals surface area contributed by atoms with Gasteiger partial charge in [-0.2, -0.15) is 13.2 Å². The van der Waals surface area contributed by atoms with Gasteiger partial charge in [0.1, 0.15) is 6.61 Å². The lowest BCUT2D eigenvalue weighted by atomic mass is 9.78. The smallest absolute Gasteiger partial charge is 0.391 e. The molecule has 0 radical (unpaired) electrons. The molecule has 1 saturated heterocycles. The van der Waals surface area contributed by atoms with E-state index in [9.17, 15) is 13.2 Å². The fourth-order valence-electron chi connectivity index (χ4n) is 3.26. The third-order valence-corrected chi connectivity index (χ3v) is 5.08. The van der Waals surface area contributed by atoms with Crippen LogP contribution in [-0.2, 0) is 30.5 Å². The second-order valence-corrected chi connectivity index (χ2v) is 7.58. The van der Waals surface area contributed by atoms with Gasteiger partial charge in [0.05, 0.1) is 11.3 Å². The maximum absolute atomic E-state index is 14.7. The van der Waals surface area contributed by atoms with Gasteiger partial charge < -0.3 is 4.84 Å². The number of aryl methyl sites for hydroxylation is 1. The van der Waals surface area contributed by atoms with Crippen LogP contribution < -0.4 is 0 Å². The van der Waals surface area contributed by atoms with Gasteiger partial charge >= 0.3 is 6.18 Å². The molecule has 190 valence electrons. The second-order valence-electron chi connectivity index (χ2n) is 7.58. The van der Waals surface area contributed by atoms with E-state index in [2.05, 4.69) is 5.16 Å². The zero-order chi connectivity index (χ0) is 45.3. The lowest BCUT2D eigenvalue weighted by Crippen LogP contribution is -2.36. The highest BCUT2D eigenvalue weighted by molar-refractivity contribution is 5.98. The highest BCUT2D eigenvalue weighted by atomic mass is 19.4. The number of alkyl halides is 3. The number of oxime groups is 1. The van der Waals surface area contributed by atoms with Gasteiger partial charge in [0.25, 0.3) is 0 Å². The van der Waals surface area contributed by atoms with Crippen molar-refractivity contribution in [3.63, 3.8) is 0 Å². The minimum atomic E-state index is -5.53. The normalized spacial score (nSPS) is 45.8. The van der Waals surface area contributed by atoms with Gasteiger partial charge in [0, 0.05) is 38.1 Å². The zero-order valence-electron chi connectivity index (χ0n) is 41.4. The molecule has 6 heteroatoms. The molecule has 0 amide bonds. The minimum Gasteiger partial charge on any atom is -0.391 e. The van der Waals surface area contributed by atoms with E-state index in [1.54, 1.807) is 0 Å². The molecule has 0 atom stereocenters.